The van der Waals surface area contributed by atoms with Gasteiger partial charge in [0, 0.05) is 0 Å². The third-order valence-corrected chi connectivity index (χ3v) is 2.81. The van der Waals surface area contributed by atoms with Gasteiger partial charge in [0.15, 0.2) is 0 Å². The van der Waals surface area contributed by atoms with Crippen molar-refractivity contribution in [3.63, 3.8) is 0 Å². The summed E-state index contributed by atoms with van der Waals surface area (Å²) in [6.07, 6.45) is -2.66. The van der Waals surface area contributed by atoms with Gasteiger partial charge in [0.1, 0.15) is 12.5 Å². The first-order valence-corrected chi connectivity index (χ1v) is 6.98. The fourth-order valence-electron chi connectivity index (χ4n) is 2.04. The second-order valence-corrected chi connectivity index (χ2v) is 5.88. The van der Waals surface area contributed by atoms with Gasteiger partial charge in [-0.3, -0.25) is 4.79 Å². The fraction of sp³-hybridized carbons (Fsp3) is 0.800. The highest BCUT2D eigenvalue weighted by Gasteiger charge is 2.34. The van der Waals surface area contributed by atoms with Crippen molar-refractivity contribution in [2.24, 2.45) is 5.41 Å². The number of carbonyl (C=O) groups excluding carboxylic acids is 1. The smallest absolute Gasteiger partial charge is 0.399 e. The van der Waals surface area contributed by atoms with Crippen molar-refractivity contribution in [1.29, 1.82) is 0 Å². The van der Waals surface area contributed by atoms with Gasteiger partial charge >= 0.3 is 12.1 Å². The SMILES string of the molecule is CC/C=C(/C(CCC)OC(=O)CC(F)(F)F)C(C)(C)C. The summed E-state index contributed by atoms with van der Waals surface area (Å²) >= 11 is 0. The van der Waals surface area contributed by atoms with E-state index in [1.165, 1.54) is 0 Å². The van der Waals surface area contributed by atoms with E-state index < -0.39 is 24.7 Å². The summed E-state index contributed by atoms with van der Waals surface area (Å²) in [5.74, 6) is -1.21. The molecule has 1 unspecified atom stereocenters. The lowest BCUT2D eigenvalue weighted by Crippen LogP contribution is -2.29. The van der Waals surface area contributed by atoms with Crippen LogP contribution >= 0.6 is 0 Å². The molecular formula is C15H25F3O2. The highest BCUT2D eigenvalue weighted by atomic mass is 19.4. The van der Waals surface area contributed by atoms with Crippen LogP contribution in [0.3, 0.4) is 0 Å². The largest absolute Gasteiger partial charge is 0.458 e. The monoisotopic (exact) mass is 294 g/mol. The van der Waals surface area contributed by atoms with Crippen LogP contribution in [0.4, 0.5) is 13.2 Å². The van der Waals surface area contributed by atoms with Crippen LogP contribution in [0.1, 0.15) is 60.3 Å². The van der Waals surface area contributed by atoms with Crippen LogP contribution in [0.25, 0.3) is 0 Å². The third kappa shape index (κ3) is 7.56. The lowest BCUT2D eigenvalue weighted by Gasteiger charge is -2.30. The van der Waals surface area contributed by atoms with E-state index in [1.807, 2.05) is 40.7 Å². The average Bonchev–Trinajstić information content (AvgIpc) is 2.21. The molecule has 0 aromatic rings. The number of ether oxygens (including phenoxy) is 1. The topological polar surface area (TPSA) is 26.3 Å². The minimum Gasteiger partial charge on any atom is -0.458 e. The first kappa shape index (κ1) is 19.0. The van der Waals surface area contributed by atoms with Crippen LogP contribution in [0, 0.1) is 5.41 Å². The van der Waals surface area contributed by atoms with Crippen LogP contribution in [0.5, 0.6) is 0 Å². The second-order valence-electron chi connectivity index (χ2n) is 5.88. The number of hydrogen-bond donors (Lipinski definition) is 0. The number of rotatable bonds is 6. The van der Waals surface area contributed by atoms with Gasteiger partial charge in [-0.15, -0.1) is 0 Å². The van der Waals surface area contributed by atoms with Gasteiger partial charge in [0.05, 0.1) is 0 Å². The molecule has 0 rings (SSSR count). The molecule has 0 N–H and O–H groups in total. The summed E-state index contributed by atoms with van der Waals surface area (Å²) in [6.45, 7) is 9.77. The lowest BCUT2D eigenvalue weighted by molar-refractivity contribution is -0.174. The number of esters is 1. The Bertz CT molecular complexity index is 338. The Hall–Kier alpha value is -1.00. The predicted molar refractivity (Wildman–Crippen MR) is 73.3 cm³/mol. The Morgan fingerprint density at radius 3 is 2.10 bits per heavy atom. The molecule has 20 heavy (non-hydrogen) atoms. The van der Waals surface area contributed by atoms with Gasteiger partial charge in [-0.2, -0.15) is 13.2 Å². The molecule has 0 aromatic heterocycles. The maximum absolute atomic E-state index is 12.2. The van der Waals surface area contributed by atoms with E-state index in [-0.39, 0.29) is 5.41 Å². The Morgan fingerprint density at radius 1 is 1.20 bits per heavy atom. The molecule has 0 amide bonds. The summed E-state index contributed by atoms with van der Waals surface area (Å²) in [4.78, 5) is 11.4. The standard InChI is InChI=1S/C15H25F3O2/c1-6-8-11(14(3,4)5)12(9-7-2)20-13(19)10-15(16,17)18/h8,12H,6-7,9-10H2,1-5H3/b11-8-. The van der Waals surface area contributed by atoms with E-state index in [2.05, 4.69) is 0 Å². The first-order chi connectivity index (χ1) is 9.01. The maximum Gasteiger partial charge on any atom is 0.399 e. The minimum absolute atomic E-state index is 0.242. The number of alkyl halides is 3. The minimum atomic E-state index is -4.52. The van der Waals surface area contributed by atoms with Crippen molar-refractivity contribution in [2.75, 3.05) is 0 Å². The van der Waals surface area contributed by atoms with Crippen molar-refractivity contribution < 1.29 is 22.7 Å². The van der Waals surface area contributed by atoms with Crippen molar-refractivity contribution in [3.05, 3.63) is 11.6 Å². The Morgan fingerprint density at radius 2 is 1.75 bits per heavy atom. The highest BCUT2D eigenvalue weighted by molar-refractivity contribution is 5.70. The van der Waals surface area contributed by atoms with Crippen molar-refractivity contribution in [1.82, 2.24) is 0 Å². The van der Waals surface area contributed by atoms with Crippen molar-refractivity contribution in [3.8, 4) is 0 Å². The van der Waals surface area contributed by atoms with Gasteiger partial charge in [-0.1, -0.05) is 47.1 Å². The molecular weight excluding hydrogens is 269 g/mol. The van der Waals surface area contributed by atoms with Gasteiger partial charge in [-0.25, -0.2) is 0 Å². The van der Waals surface area contributed by atoms with Crippen molar-refractivity contribution >= 4 is 5.97 Å². The van der Waals surface area contributed by atoms with Gasteiger partial charge in [0.2, 0.25) is 0 Å². The molecule has 5 heteroatoms. The number of allylic oxidation sites excluding steroid dienone is 1. The molecule has 1 atom stereocenters. The molecule has 0 saturated heterocycles. The highest BCUT2D eigenvalue weighted by Crippen LogP contribution is 2.32. The Kier molecular flexibility index (Phi) is 7.31. The average molecular weight is 294 g/mol. The Labute approximate surface area is 119 Å². The van der Waals surface area contributed by atoms with E-state index in [9.17, 15) is 18.0 Å². The van der Waals surface area contributed by atoms with E-state index in [0.29, 0.717) is 6.42 Å². The fourth-order valence-corrected chi connectivity index (χ4v) is 2.04. The van der Waals surface area contributed by atoms with E-state index in [0.717, 1.165) is 18.4 Å². The molecule has 0 heterocycles. The zero-order chi connectivity index (χ0) is 16.0. The van der Waals surface area contributed by atoms with Crippen LogP contribution in [0.2, 0.25) is 0 Å². The molecule has 0 saturated carbocycles. The van der Waals surface area contributed by atoms with Gasteiger partial charge in [-0.05, 0) is 23.8 Å². The zero-order valence-corrected chi connectivity index (χ0v) is 12.9. The molecule has 0 aromatic carbocycles. The molecule has 0 spiro atoms. The zero-order valence-electron chi connectivity index (χ0n) is 12.9. The summed E-state index contributed by atoms with van der Waals surface area (Å²) in [7, 11) is 0. The number of carbonyl (C=O) groups is 1. The third-order valence-electron chi connectivity index (χ3n) is 2.81. The maximum atomic E-state index is 12.2. The molecule has 0 bridgehead atoms. The van der Waals surface area contributed by atoms with Gasteiger partial charge in [0.25, 0.3) is 0 Å². The molecule has 0 fully saturated rings. The second kappa shape index (κ2) is 7.70. The molecule has 0 radical (unpaired) electrons. The normalized spacial score (nSPS) is 15.1. The Balaban J connectivity index is 5.04. The number of halogens is 3. The summed E-state index contributed by atoms with van der Waals surface area (Å²) < 4.78 is 41.7. The molecule has 0 aliphatic carbocycles. The van der Waals surface area contributed by atoms with Crippen LogP contribution < -0.4 is 0 Å². The molecule has 2 nitrogen and oxygen atoms in total. The molecule has 118 valence electrons. The van der Waals surface area contributed by atoms with Crippen LogP contribution in [-0.4, -0.2) is 18.2 Å². The van der Waals surface area contributed by atoms with Crippen LogP contribution in [-0.2, 0) is 9.53 Å². The summed E-state index contributed by atoms with van der Waals surface area (Å²) in [6, 6.07) is 0. The quantitative estimate of drug-likeness (QED) is 0.507. The number of hydrogen-bond acceptors (Lipinski definition) is 2. The van der Waals surface area contributed by atoms with E-state index in [1.54, 1.807) is 0 Å². The molecule has 0 aliphatic rings. The predicted octanol–water partition coefficient (Wildman–Crippen LogP) is 5.03. The summed E-state index contributed by atoms with van der Waals surface area (Å²) in [5.41, 5.74) is 0.645. The van der Waals surface area contributed by atoms with Gasteiger partial charge < -0.3 is 4.74 Å². The van der Waals surface area contributed by atoms with E-state index in [4.69, 9.17) is 4.74 Å². The first-order valence-electron chi connectivity index (χ1n) is 6.98. The van der Waals surface area contributed by atoms with Crippen molar-refractivity contribution in [2.45, 2.75) is 72.6 Å². The molecule has 0 aliphatic heterocycles. The lowest BCUT2D eigenvalue weighted by atomic mass is 9.81. The van der Waals surface area contributed by atoms with E-state index >= 15 is 0 Å². The van der Waals surface area contributed by atoms with Crippen LogP contribution in [0.15, 0.2) is 11.6 Å². The summed E-state index contributed by atoms with van der Waals surface area (Å²) in [5, 5.41) is 0.